The molecule has 5 heteroatoms. The molecule has 0 bridgehead atoms. The summed E-state index contributed by atoms with van der Waals surface area (Å²) in [4.78, 5) is 26.1. The number of carbonyl (C=O) groups is 2. The van der Waals surface area contributed by atoms with Crippen LogP contribution < -0.4 is 11.1 Å². The van der Waals surface area contributed by atoms with Crippen LogP contribution >= 0.6 is 11.3 Å². The molecule has 1 atom stereocenters. The number of hydrogen-bond acceptors (Lipinski definition) is 3. The Morgan fingerprint density at radius 2 is 1.63 bits per heavy atom. The molecule has 0 saturated heterocycles. The van der Waals surface area contributed by atoms with Crippen LogP contribution in [0.4, 0.5) is 5.00 Å². The minimum absolute atomic E-state index is 0.132. The van der Waals surface area contributed by atoms with E-state index in [0.29, 0.717) is 17.0 Å². The number of anilines is 1. The topological polar surface area (TPSA) is 72.2 Å². The van der Waals surface area contributed by atoms with Crippen LogP contribution in [0.15, 0.2) is 60.7 Å². The van der Waals surface area contributed by atoms with Gasteiger partial charge in [0, 0.05) is 10.4 Å². The third kappa shape index (κ3) is 3.93. The number of rotatable bonds is 6. The second-order valence-corrected chi connectivity index (χ2v) is 7.55. The van der Waals surface area contributed by atoms with E-state index < -0.39 is 5.91 Å². The fraction of sp³-hybridized carbons (Fsp3) is 0.182. The van der Waals surface area contributed by atoms with Crippen LogP contribution in [0.1, 0.15) is 40.1 Å². The Bertz CT molecular complexity index is 949. The average molecular weight is 378 g/mol. The van der Waals surface area contributed by atoms with Crippen molar-refractivity contribution in [2.24, 2.45) is 5.73 Å². The van der Waals surface area contributed by atoms with Gasteiger partial charge in [-0.25, -0.2) is 0 Å². The van der Waals surface area contributed by atoms with Gasteiger partial charge in [0.05, 0.1) is 11.5 Å². The first-order valence-electron chi connectivity index (χ1n) is 8.87. The van der Waals surface area contributed by atoms with Crippen molar-refractivity contribution in [2.45, 2.75) is 26.2 Å². The number of nitrogens with two attached hydrogens (primary N) is 1. The molecular weight excluding hydrogens is 356 g/mol. The van der Waals surface area contributed by atoms with Gasteiger partial charge in [-0.15, -0.1) is 11.3 Å². The van der Waals surface area contributed by atoms with E-state index in [1.54, 1.807) is 0 Å². The van der Waals surface area contributed by atoms with Crippen molar-refractivity contribution in [3.63, 3.8) is 0 Å². The van der Waals surface area contributed by atoms with Gasteiger partial charge in [-0.3, -0.25) is 9.59 Å². The van der Waals surface area contributed by atoms with Gasteiger partial charge >= 0.3 is 0 Å². The highest BCUT2D eigenvalue weighted by Gasteiger charge is 2.25. The number of carbonyl (C=O) groups excluding carboxylic acids is 2. The fourth-order valence-corrected chi connectivity index (χ4v) is 4.36. The van der Waals surface area contributed by atoms with Gasteiger partial charge < -0.3 is 11.1 Å². The summed E-state index contributed by atoms with van der Waals surface area (Å²) in [6.07, 6.45) is 0.664. The number of hydrogen-bond donors (Lipinski definition) is 2. The second-order valence-electron chi connectivity index (χ2n) is 6.33. The van der Waals surface area contributed by atoms with E-state index in [4.69, 9.17) is 5.73 Å². The lowest BCUT2D eigenvalue weighted by atomic mass is 9.95. The lowest BCUT2D eigenvalue weighted by molar-refractivity contribution is -0.117. The van der Waals surface area contributed by atoms with E-state index in [-0.39, 0.29) is 11.8 Å². The number of benzene rings is 2. The van der Waals surface area contributed by atoms with Gasteiger partial charge in [-0.05, 0) is 24.5 Å². The molecule has 0 radical (unpaired) electrons. The van der Waals surface area contributed by atoms with E-state index in [2.05, 4.69) is 5.32 Å². The van der Waals surface area contributed by atoms with Gasteiger partial charge in [0.1, 0.15) is 5.00 Å². The fourth-order valence-electron chi connectivity index (χ4n) is 3.28. The zero-order chi connectivity index (χ0) is 19.4. The molecule has 0 fully saturated rings. The number of aryl methyl sites for hydroxylation is 1. The van der Waals surface area contributed by atoms with Gasteiger partial charge in [-0.1, -0.05) is 67.6 Å². The molecule has 4 nitrogen and oxygen atoms in total. The number of primary amides is 1. The Balaban J connectivity index is 1.98. The maximum atomic E-state index is 12.9. The maximum Gasteiger partial charge on any atom is 0.252 e. The third-order valence-corrected chi connectivity index (χ3v) is 5.58. The highest BCUT2D eigenvalue weighted by molar-refractivity contribution is 7.17. The van der Waals surface area contributed by atoms with E-state index in [1.807, 2.05) is 74.5 Å². The predicted molar refractivity (Wildman–Crippen MR) is 111 cm³/mol. The summed E-state index contributed by atoms with van der Waals surface area (Å²) in [7, 11) is 0. The minimum atomic E-state index is -0.540. The van der Waals surface area contributed by atoms with Gasteiger partial charge in [0.15, 0.2) is 0 Å². The highest BCUT2D eigenvalue weighted by Crippen LogP contribution is 2.40. The monoisotopic (exact) mass is 378 g/mol. The molecule has 1 aromatic heterocycles. The van der Waals surface area contributed by atoms with E-state index in [1.165, 1.54) is 11.3 Å². The van der Waals surface area contributed by atoms with Crippen molar-refractivity contribution in [3.05, 3.63) is 76.7 Å². The standard InChI is InChI=1S/C22H22N2O2S/c1-3-17(15-10-6-4-7-11-15)21(26)24-22-19(20(23)25)18(14(2)27-22)16-12-8-5-9-13-16/h4-13,17H,3H2,1-2H3,(H2,23,25)(H,24,26)/t17-/m0/s1. The molecule has 2 amide bonds. The van der Waals surface area contributed by atoms with Crippen molar-refractivity contribution in [1.82, 2.24) is 0 Å². The molecule has 3 aromatic rings. The SMILES string of the molecule is CC[C@H](C(=O)Nc1sc(C)c(-c2ccccc2)c1C(N)=O)c1ccccc1. The quantitative estimate of drug-likeness (QED) is 0.637. The molecule has 0 spiro atoms. The first-order chi connectivity index (χ1) is 13.0. The summed E-state index contributed by atoms with van der Waals surface area (Å²) in [6.45, 7) is 3.91. The molecule has 1 heterocycles. The van der Waals surface area contributed by atoms with Crippen molar-refractivity contribution in [2.75, 3.05) is 5.32 Å². The first kappa shape index (κ1) is 18.9. The molecule has 0 saturated carbocycles. The largest absolute Gasteiger partial charge is 0.365 e. The van der Waals surface area contributed by atoms with Crippen LogP contribution in [0.2, 0.25) is 0 Å². The van der Waals surface area contributed by atoms with Crippen LogP contribution in [0.25, 0.3) is 11.1 Å². The van der Waals surface area contributed by atoms with Crippen LogP contribution in [-0.2, 0) is 4.79 Å². The van der Waals surface area contributed by atoms with Crippen LogP contribution in [0.5, 0.6) is 0 Å². The van der Waals surface area contributed by atoms with Gasteiger partial charge in [0.25, 0.3) is 5.91 Å². The summed E-state index contributed by atoms with van der Waals surface area (Å²) in [6, 6.07) is 19.3. The molecule has 27 heavy (non-hydrogen) atoms. The molecule has 0 aliphatic carbocycles. The Labute approximate surface area is 163 Å². The summed E-state index contributed by atoms with van der Waals surface area (Å²) in [5.41, 5.74) is 8.71. The van der Waals surface area contributed by atoms with Gasteiger partial charge in [-0.2, -0.15) is 0 Å². The number of thiophene rings is 1. The van der Waals surface area contributed by atoms with Gasteiger partial charge in [0.2, 0.25) is 5.91 Å². The van der Waals surface area contributed by atoms with Crippen molar-refractivity contribution in [1.29, 1.82) is 0 Å². The lowest BCUT2D eigenvalue weighted by Gasteiger charge is -2.15. The molecule has 3 N–H and O–H groups in total. The normalized spacial score (nSPS) is 11.8. The third-order valence-electron chi connectivity index (χ3n) is 4.56. The minimum Gasteiger partial charge on any atom is -0.365 e. The maximum absolute atomic E-state index is 12.9. The molecular formula is C22H22N2O2S. The van der Waals surface area contributed by atoms with E-state index in [0.717, 1.165) is 21.6 Å². The smallest absolute Gasteiger partial charge is 0.252 e. The van der Waals surface area contributed by atoms with Crippen molar-refractivity contribution < 1.29 is 9.59 Å². The summed E-state index contributed by atoms with van der Waals surface area (Å²) >= 11 is 1.38. The lowest BCUT2D eigenvalue weighted by Crippen LogP contribution is -2.22. The Morgan fingerprint density at radius 1 is 1.04 bits per heavy atom. The number of nitrogens with one attached hydrogen (secondary N) is 1. The first-order valence-corrected chi connectivity index (χ1v) is 9.69. The van der Waals surface area contributed by atoms with Crippen molar-refractivity contribution >= 4 is 28.2 Å². The molecule has 0 unspecified atom stereocenters. The molecule has 0 aliphatic heterocycles. The second kappa shape index (κ2) is 8.18. The molecule has 0 aliphatic rings. The van der Waals surface area contributed by atoms with E-state index >= 15 is 0 Å². The predicted octanol–water partition coefficient (Wildman–Crippen LogP) is 4.95. The van der Waals surface area contributed by atoms with Crippen LogP contribution in [0, 0.1) is 6.92 Å². The van der Waals surface area contributed by atoms with Crippen molar-refractivity contribution in [3.8, 4) is 11.1 Å². The molecule has 2 aromatic carbocycles. The average Bonchev–Trinajstić information content (AvgIpc) is 3.00. The van der Waals surface area contributed by atoms with Crippen LogP contribution in [-0.4, -0.2) is 11.8 Å². The summed E-state index contributed by atoms with van der Waals surface area (Å²) < 4.78 is 0. The zero-order valence-electron chi connectivity index (χ0n) is 15.4. The Hall–Kier alpha value is -2.92. The van der Waals surface area contributed by atoms with E-state index in [9.17, 15) is 9.59 Å². The molecule has 138 valence electrons. The Morgan fingerprint density at radius 3 is 2.19 bits per heavy atom. The summed E-state index contributed by atoms with van der Waals surface area (Å²) in [5, 5.41) is 3.46. The zero-order valence-corrected chi connectivity index (χ0v) is 16.2. The van der Waals surface area contributed by atoms with Crippen LogP contribution in [0.3, 0.4) is 0 Å². The molecule has 3 rings (SSSR count). The highest BCUT2D eigenvalue weighted by atomic mass is 32.1. The Kier molecular flexibility index (Phi) is 5.72. The number of amides is 2. The summed E-state index contributed by atoms with van der Waals surface area (Å²) in [5.74, 6) is -0.956.